The molecule has 2 heterocycles. The second-order valence-electron chi connectivity index (χ2n) is 8.65. The number of halogens is 2. The Hall–Kier alpha value is -2.23. The van der Waals surface area contributed by atoms with Crippen molar-refractivity contribution in [1.82, 2.24) is 9.88 Å². The average Bonchev–Trinajstić information content (AvgIpc) is 2.77. The van der Waals surface area contributed by atoms with Gasteiger partial charge in [-0.1, -0.05) is 0 Å². The van der Waals surface area contributed by atoms with Gasteiger partial charge in [0.1, 0.15) is 5.69 Å². The van der Waals surface area contributed by atoms with Gasteiger partial charge in [0.2, 0.25) is 0 Å². The van der Waals surface area contributed by atoms with Crippen molar-refractivity contribution in [3.63, 3.8) is 0 Å². The van der Waals surface area contributed by atoms with Gasteiger partial charge >= 0.3 is 0 Å². The van der Waals surface area contributed by atoms with Crippen molar-refractivity contribution in [2.24, 2.45) is 0 Å². The topological polar surface area (TPSA) is 85.7 Å². The summed E-state index contributed by atoms with van der Waals surface area (Å²) in [5, 5.41) is 3.18. The molecule has 2 fully saturated rings. The molecule has 3 aliphatic carbocycles. The van der Waals surface area contributed by atoms with E-state index < -0.39 is 22.2 Å². The summed E-state index contributed by atoms with van der Waals surface area (Å²) in [6, 6.07) is 3.69. The van der Waals surface area contributed by atoms with Crippen LogP contribution in [0.4, 0.5) is 20.2 Å². The zero-order chi connectivity index (χ0) is 21.8. The Bertz CT molecular complexity index is 1030. The second-order valence-corrected chi connectivity index (χ2v) is 11.1. The van der Waals surface area contributed by atoms with E-state index in [1.165, 1.54) is 6.07 Å². The molecule has 2 bridgehead atoms. The molecule has 1 aromatic carbocycles. The number of hydrogen-bond donors (Lipinski definition) is 3. The summed E-state index contributed by atoms with van der Waals surface area (Å²) in [7, 11) is -2.59. The molecule has 6 rings (SSSR count). The summed E-state index contributed by atoms with van der Waals surface area (Å²) >= 11 is 0. The Balaban J connectivity index is 1.51. The molecule has 0 unspecified atom stereocenters. The molecule has 0 atom stereocenters. The van der Waals surface area contributed by atoms with Crippen molar-refractivity contribution >= 4 is 27.9 Å². The Labute approximate surface area is 181 Å². The summed E-state index contributed by atoms with van der Waals surface area (Å²) in [6.07, 6.45) is 5.70. The van der Waals surface area contributed by atoms with Crippen molar-refractivity contribution in [2.75, 3.05) is 29.9 Å². The molecule has 1 aromatic heterocycles. The minimum atomic E-state index is -2.59. The quantitative estimate of drug-likeness (QED) is 0.610. The second kappa shape index (κ2) is 7.72. The SMILES string of the molecule is O=C(c1ncc(Nc2ccc(F)c(F)c2)c2c1C1CCC2CC1)N1CCS(O)(O)CC1. The lowest BCUT2D eigenvalue weighted by Gasteiger charge is -2.42. The number of amides is 1. The van der Waals surface area contributed by atoms with Crippen LogP contribution in [0.3, 0.4) is 0 Å². The first kappa shape index (κ1) is 20.7. The third kappa shape index (κ3) is 3.79. The zero-order valence-corrected chi connectivity index (χ0v) is 17.8. The maximum Gasteiger partial charge on any atom is 0.272 e. The zero-order valence-electron chi connectivity index (χ0n) is 17.0. The number of benzene rings is 1. The molecular weight excluding hydrogens is 424 g/mol. The largest absolute Gasteiger partial charge is 0.354 e. The first-order valence-electron chi connectivity index (χ1n) is 10.6. The van der Waals surface area contributed by atoms with Crippen LogP contribution in [0, 0.1) is 11.6 Å². The van der Waals surface area contributed by atoms with E-state index in [1.807, 2.05) is 0 Å². The van der Waals surface area contributed by atoms with Crippen LogP contribution in [0.15, 0.2) is 24.4 Å². The fourth-order valence-corrected chi connectivity index (χ4v) is 6.37. The van der Waals surface area contributed by atoms with Gasteiger partial charge in [-0.05, 0) is 60.8 Å². The van der Waals surface area contributed by atoms with Crippen LogP contribution >= 0.6 is 10.6 Å². The highest BCUT2D eigenvalue weighted by molar-refractivity contribution is 8.24. The minimum Gasteiger partial charge on any atom is -0.354 e. The van der Waals surface area contributed by atoms with Crippen LogP contribution in [0.5, 0.6) is 0 Å². The molecule has 9 heteroatoms. The van der Waals surface area contributed by atoms with E-state index in [4.69, 9.17) is 0 Å². The number of carbonyl (C=O) groups excluding carboxylic acids is 1. The molecule has 166 valence electrons. The van der Waals surface area contributed by atoms with E-state index in [2.05, 4.69) is 10.3 Å². The van der Waals surface area contributed by atoms with Gasteiger partial charge < -0.3 is 10.2 Å². The molecule has 2 aromatic rings. The van der Waals surface area contributed by atoms with Crippen molar-refractivity contribution in [1.29, 1.82) is 0 Å². The highest BCUT2D eigenvalue weighted by Gasteiger charge is 2.39. The number of carbonyl (C=O) groups is 1. The standard InChI is InChI=1S/C22H25F2N3O3S/c23-16-6-5-15(11-17(16)24)26-18-12-25-21(20-14-3-1-13(2-4-14)19(18)20)22(28)27-7-9-31(29,30)10-8-27/h5-6,11-14,26,29-30H,1-4,7-10H2. The highest BCUT2D eigenvalue weighted by Crippen LogP contribution is 2.53. The summed E-state index contributed by atoms with van der Waals surface area (Å²) in [6.45, 7) is 0.612. The third-order valence-electron chi connectivity index (χ3n) is 6.77. The Morgan fingerprint density at radius 3 is 2.32 bits per heavy atom. The van der Waals surface area contributed by atoms with Gasteiger partial charge in [0.25, 0.3) is 5.91 Å². The van der Waals surface area contributed by atoms with Crippen molar-refractivity contribution in [3.05, 3.63) is 52.9 Å². The van der Waals surface area contributed by atoms with E-state index in [0.29, 0.717) is 30.4 Å². The number of aromatic nitrogens is 1. The third-order valence-corrected chi connectivity index (χ3v) is 8.44. The molecule has 1 saturated heterocycles. The number of hydrogen-bond acceptors (Lipinski definition) is 5. The molecule has 31 heavy (non-hydrogen) atoms. The first-order chi connectivity index (χ1) is 14.8. The number of fused-ring (bicyclic) bond motifs is 2. The van der Waals surface area contributed by atoms with E-state index in [1.54, 1.807) is 11.1 Å². The smallest absolute Gasteiger partial charge is 0.272 e. The summed E-state index contributed by atoms with van der Waals surface area (Å²) < 4.78 is 46.7. The van der Waals surface area contributed by atoms with Gasteiger partial charge in [0.05, 0.1) is 23.4 Å². The molecule has 6 nitrogen and oxygen atoms in total. The fourth-order valence-electron chi connectivity index (χ4n) is 5.14. The van der Waals surface area contributed by atoms with Crippen LogP contribution in [0.1, 0.15) is 59.1 Å². The molecule has 3 N–H and O–H groups in total. The Morgan fingerprint density at radius 1 is 1.03 bits per heavy atom. The molecule has 0 spiro atoms. The molecule has 0 radical (unpaired) electrons. The van der Waals surface area contributed by atoms with Crippen LogP contribution in [0.2, 0.25) is 0 Å². The maximum absolute atomic E-state index is 13.7. The molecule has 1 saturated carbocycles. The number of nitrogens with one attached hydrogen (secondary N) is 1. The monoisotopic (exact) mass is 449 g/mol. The van der Waals surface area contributed by atoms with Crippen molar-refractivity contribution in [3.8, 4) is 0 Å². The van der Waals surface area contributed by atoms with Gasteiger partial charge in [-0.3, -0.25) is 13.9 Å². The lowest BCUT2D eigenvalue weighted by Crippen LogP contribution is -2.43. The molecule has 1 amide bonds. The molecular formula is C22H25F2N3O3S. The van der Waals surface area contributed by atoms with E-state index in [-0.39, 0.29) is 23.3 Å². The summed E-state index contributed by atoms with van der Waals surface area (Å²) in [5.74, 6) is -1.04. The summed E-state index contributed by atoms with van der Waals surface area (Å²) in [4.78, 5) is 19.5. The van der Waals surface area contributed by atoms with Gasteiger partial charge in [0, 0.05) is 24.8 Å². The Kier molecular flexibility index (Phi) is 5.15. The number of pyridine rings is 1. The van der Waals surface area contributed by atoms with Crippen LogP contribution in [-0.4, -0.2) is 49.5 Å². The van der Waals surface area contributed by atoms with Gasteiger partial charge in [0.15, 0.2) is 11.6 Å². The number of nitrogens with zero attached hydrogens (tertiary/aromatic N) is 2. The van der Waals surface area contributed by atoms with Gasteiger partial charge in [-0.2, -0.15) is 10.6 Å². The van der Waals surface area contributed by atoms with E-state index in [0.717, 1.165) is 54.6 Å². The van der Waals surface area contributed by atoms with Crippen LogP contribution in [-0.2, 0) is 0 Å². The van der Waals surface area contributed by atoms with E-state index in [9.17, 15) is 22.7 Å². The fraction of sp³-hybridized carbons (Fsp3) is 0.455. The minimum absolute atomic E-state index is 0.168. The van der Waals surface area contributed by atoms with Gasteiger partial charge in [-0.15, -0.1) is 0 Å². The molecule has 4 aliphatic rings. The lowest BCUT2D eigenvalue weighted by atomic mass is 9.66. The average molecular weight is 450 g/mol. The number of anilines is 2. The lowest BCUT2D eigenvalue weighted by molar-refractivity contribution is 0.0759. The van der Waals surface area contributed by atoms with Crippen LogP contribution < -0.4 is 5.32 Å². The van der Waals surface area contributed by atoms with Crippen molar-refractivity contribution in [2.45, 2.75) is 37.5 Å². The maximum atomic E-state index is 13.7. The first-order valence-corrected chi connectivity index (χ1v) is 12.5. The predicted molar refractivity (Wildman–Crippen MR) is 116 cm³/mol. The van der Waals surface area contributed by atoms with Crippen molar-refractivity contribution < 1.29 is 22.7 Å². The van der Waals surface area contributed by atoms with Gasteiger partial charge in [-0.25, -0.2) is 13.8 Å². The normalized spacial score (nSPS) is 25.1. The predicted octanol–water partition coefficient (Wildman–Crippen LogP) is 5.06. The number of rotatable bonds is 3. The summed E-state index contributed by atoms with van der Waals surface area (Å²) in [5.41, 5.74) is 3.65. The molecule has 1 aliphatic heterocycles. The van der Waals surface area contributed by atoms with E-state index >= 15 is 0 Å². The highest BCUT2D eigenvalue weighted by atomic mass is 32.3. The Morgan fingerprint density at radius 2 is 1.68 bits per heavy atom. The van der Waals surface area contributed by atoms with Crippen LogP contribution in [0.25, 0.3) is 0 Å².